The van der Waals surface area contributed by atoms with Crippen molar-refractivity contribution in [2.24, 2.45) is 0 Å². The van der Waals surface area contributed by atoms with Crippen LogP contribution >= 0.6 is 0 Å². The molecule has 3 heterocycles. The quantitative estimate of drug-likeness (QED) is 0.623. The molecule has 0 atom stereocenters. The third kappa shape index (κ3) is 4.23. The maximum Gasteiger partial charge on any atom is 0.246 e. The monoisotopic (exact) mass is 427 g/mol. The first-order valence-electron chi connectivity index (χ1n) is 9.65. The number of aryl methyl sites for hydroxylation is 1. The summed E-state index contributed by atoms with van der Waals surface area (Å²) in [5.41, 5.74) is 1.74. The lowest BCUT2D eigenvalue weighted by Gasteiger charge is -2.34. The van der Waals surface area contributed by atoms with Crippen LogP contribution in [-0.2, 0) is 16.6 Å². The first kappa shape index (κ1) is 20.5. The largest absolute Gasteiger partial charge is 0.296 e. The molecular formula is C21H22FN5O2S. The Labute approximate surface area is 175 Å². The van der Waals surface area contributed by atoms with E-state index in [0.717, 1.165) is 5.56 Å². The number of halogens is 1. The van der Waals surface area contributed by atoms with Crippen LogP contribution < -0.4 is 0 Å². The lowest BCUT2D eigenvalue weighted by Crippen LogP contribution is -2.48. The summed E-state index contributed by atoms with van der Waals surface area (Å²) in [7, 11) is -3.70. The minimum Gasteiger partial charge on any atom is -0.296 e. The number of aromatic nitrogens is 3. The molecule has 1 saturated heterocycles. The van der Waals surface area contributed by atoms with Crippen molar-refractivity contribution in [1.29, 1.82) is 0 Å². The van der Waals surface area contributed by atoms with Crippen molar-refractivity contribution in [3.63, 3.8) is 0 Å². The Hall–Kier alpha value is -2.75. The highest BCUT2D eigenvalue weighted by Crippen LogP contribution is 2.22. The van der Waals surface area contributed by atoms with E-state index in [1.807, 2.05) is 6.07 Å². The molecule has 1 aromatic carbocycles. The summed E-state index contributed by atoms with van der Waals surface area (Å²) in [5, 5.41) is 0. The van der Waals surface area contributed by atoms with E-state index in [2.05, 4.69) is 19.9 Å². The number of hydrogen-bond acceptors (Lipinski definition) is 6. The molecule has 0 spiro atoms. The second kappa shape index (κ2) is 8.55. The highest BCUT2D eigenvalue weighted by Gasteiger charge is 2.30. The van der Waals surface area contributed by atoms with E-state index in [4.69, 9.17) is 0 Å². The molecule has 9 heteroatoms. The zero-order valence-electron chi connectivity index (χ0n) is 16.6. The smallest absolute Gasteiger partial charge is 0.246 e. The molecule has 7 nitrogen and oxygen atoms in total. The number of rotatable bonds is 5. The molecule has 1 aliphatic heterocycles. The summed E-state index contributed by atoms with van der Waals surface area (Å²) in [6.45, 7) is 3.86. The molecule has 0 N–H and O–H groups in total. The fraction of sp³-hybridized carbons (Fsp3) is 0.286. The van der Waals surface area contributed by atoms with Crippen molar-refractivity contribution in [3.8, 4) is 11.4 Å². The molecular weight excluding hydrogens is 405 g/mol. The molecule has 0 amide bonds. The Morgan fingerprint density at radius 3 is 2.47 bits per heavy atom. The zero-order chi connectivity index (χ0) is 21.1. The SMILES string of the molecule is Cc1nc(-c2cccnc2)ncc1S(=O)(=O)N1CCN(Cc2ccccc2F)CC1. The van der Waals surface area contributed by atoms with Crippen LogP contribution in [-0.4, -0.2) is 58.8 Å². The first-order chi connectivity index (χ1) is 14.4. The van der Waals surface area contributed by atoms with Gasteiger partial charge >= 0.3 is 0 Å². The molecule has 4 rings (SSSR count). The summed E-state index contributed by atoms with van der Waals surface area (Å²) in [6, 6.07) is 10.3. The van der Waals surface area contributed by atoms with Crippen molar-refractivity contribution in [1.82, 2.24) is 24.2 Å². The van der Waals surface area contributed by atoms with Gasteiger partial charge in [-0.2, -0.15) is 4.31 Å². The van der Waals surface area contributed by atoms with Gasteiger partial charge in [0.05, 0.1) is 11.9 Å². The topological polar surface area (TPSA) is 79.3 Å². The van der Waals surface area contributed by atoms with Crippen LogP contribution in [0.3, 0.4) is 0 Å². The molecule has 1 aliphatic rings. The third-order valence-corrected chi connectivity index (χ3v) is 7.16. The molecule has 0 aliphatic carbocycles. The average molecular weight is 428 g/mol. The standard InChI is InChI=1S/C21H22FN5O2S/c1-16-20(14-24-21(25-16)17-6-4-8-23-13-17)30(28,29)27-11-9-26(10-12-27)15-18-5-2-3-7-19(18)22/h2-8,13-14H,9-12,15H2,1H3. The van der Waals surface area contributed by atoms with Crippen LogP contribution in [0, 0.1) is 12.7 Å². The molecule has 2 aromatic heterocycles. The van der Waals surface area contributed by atoms with E-state index < -0.39 is 10.0 Å². The molecule has 30 heavy (non-hydrogen) atoms. The Bertz CT molecular complexity index is 1130. The lowest BCUT2D eigenvalue weighted by atomic mass is 10.2. The molecule has 1 fully saturated rings. The highest BCUT2D eigenvalue weighted by molar-refractivity contribution is 7.89. The number of piperazine rings is 1. The van der Waals surface area contributed by atoms with Gasteiger partial charge in [-0.1, -0.05) is 18.2 Å². The van der Waals surface area contributed by atoms with Gasteiger partial charge in [0.15, 0.2) is 5.82 Å². The molecule has 0 unspecified atom stereocenters. The predicted octanol–water partition coefficient (Wildman–Crippen LogP) is 2.49. The Morgan fingerprint density at radius 2 is 1.80 bits per heavy atom. The molecule has 0 saturated carbocycles. The van der Waals surface area contributed by atoms with Gasteiger partial charge in [0, 0.05) is 56.2 Å². The molecule has 0 radical (unpaired) electrons. The minimum absolute atomic E-state index is 0.109. The fourth-order valence-electron chi connectivity index (χ4n) is 3.48. The third-order valence-electron chi connectivity index (χ3n) is 5.15. The van der Waals surface area contributed by atoms with E-state index in [-0.39, 0.29) is 10.7 Å². The predicted molar refractivity (Wildman–Crippen MR) is 110 cm³/mol. The maximum atomic E-state index is 13.9. The normalized spacial score (nSPS) is 15.9. The summed E-state index contributed by atoms with van der Waals surface area (Å²) in [5.74, 6) is 0.197. The van der Waals surface area contributed by atoms with Gasteiger partial charge in [-0.25, -0.2) is 22.8 Å². The summed E-state index contributed by atoms with van der Waals surface area (Å²) in [4.78, 5) is 14.8. The van der Waals surface area contributed by atoms with Crippen LogP contribution in [0.4, 0.5) is 4.39 Å². The van der Waals surface area contributed by atoms with Crippen LogP contribution in [0.25, 0.3) is 11.4 Å². The van der Waals surface area contributed by atoms with Crippen molar-refractivity contribution in [3.05, 3.63) is 72.1 Å². The number of nitrogens with zero attached hydrogens (tertiary/aromatic N) is 5. The summed E-state index contributed by atoms with van der Waals surface area (Å²) >= 11 is 0. The van der Waals surface area contributed by atoms with Gasteiger partial charge in [-0.3, -0.25) is 9.88 Å². The summed E-state index contributed by atoms with van der Waals surface area (Å²) in [6.07, 6.45) is 4.66. The van der Waals surface area contributed by atoms with Gasteiger partial charge in [0.25, 0.3) is 0 Å². The molecule has 3 aromatic rings. The van der Waals surface area contributed by atoms with Gasteiger partial charge in [0.2, 0.25) is 10.0 Å². The van der Waals surface area contributed by atoms with Gasteiger partial charge in [-0.05, 0) is 25.1 Å². The van der Waals surface area contributed by atoms with Crippen LogP contribution in [0.15, 0.2) is 59.9 Å². The van der Waals surface area contributed by atoms with E-state index >= 15 is 0 Å². The van der Waals surface area contributed by atoms with Gasteiger partial charge in [-0.15, -0.1) is 0 Å². The highest BCUT2D eigenvalue weighted by atomic mass is 32.2. The maximum absolute atomic E-state index is 13.9. The number of benzene rings is 1. The summed E-state index contributed by atoms with van der Waals surface area (Å²) < 4.78 is 41.6. The Kier molecular flexibility index (Phi) is 5.85. The number of sulfonamides is 1. The average Bonchev–Trinajstić information content (AvgIpc) is 2.76. The van der Waals surface area contributed by atoms with Crippen LogP contribution in [0.2, 0.25) is 0 Å². The lowest BCUT2D eigenvalue weighted by molar-refractivity contribution is 0.180. The minimum atomic E-state index is -3.70. The van der Waals surface area contributed by atoms with Crippen molar-refractivity contribution in [2.45, 2.75) is 18.4 Å². The van der Waals surface area contributed by atoms with Crippen molar-refractivity contribution in [2.75, 3.05) is 26.2 Å². The van der Waals surface area contributed by atoms with Crippen LogP contribution in [0.1, 0.15) is 11.3 Å². The van der Waals surface area contributed by atoms with Crippen molar-refractivity contribution < 1.29 is 12.8 Å². The molecule has 156 valence electrons. The molecule has 0 bridgehead atoms. The second-order valence-corrected chi connectivity index (χ2v) is 9.06. The second-order valence-electron chi connectivity index (χ2n) is 7.16. The Morgan fingerprint density at radius 1 is 1.03 bits per heavy atom. The number of hydrogen-bond donors (Lipinski definition) is 0. The first-order valence-corrected chi connectivity index (χ1v) is 11.1. The fourth-order valence-corrected chi connectivity index (χ4v) is 5.01. The van der Waals surface area contributed by atoms with E-state index in [1.165, 1.54) is 16.6 Å². The van der Waals surface area contributed by atoms with Crippen molar-refractivity contribution >= 4 is 10.0 Å². The van der Waals surface area contributed by atoms with Crippen LogP contribution in [0.5, 0.6) is 0 Å². The zero-order valence-corrected chi connectivity index (χ0v) is 17.4. The van der Waals surface area contributed by atoms with Gasteiger partial charge < -0.3 is 0 Å². The Balaban J connectivity index is 1.46. The number of pyridine rings is 1. The van der Waals surface area contributed by atoms with E-state index in [0.29, 0.717) is 49.8 Å². The van der Waals surface area contributed by atoms with E-state index in [9.17, 15) is 12.8 Å². The van der Waals surface area contributed by atoms with E-state index in [1.54, 1.807) is 43.6 Å². The van der Waals surface area contributed by atoms with Gasteiger partial charge in [0.1, 0.15) is 10.7 Å².